The van der Waals surface area contributed by atoms with Gasteiger partial charge in [0.2, 0.25) is 10.0 Å². The van der Waals surface area contributed by atoms with E-state index < -0.39 is 27.8 Å². The number of sulfonamides is 1. The summed E-state index contributed by atoms with van der Waals surface area (Å²) in [5.41, 5.74) is -1.15. The highest BCUT2D eigenvalue weighted by Crippen LogP contribution is 2.31. The van der Waals surface area contributed by atoms with E-state index in [2.05, 4.69) is 4.72 Å². The second-order valence-electron chi connectivity index (χ2n) is 6.87. The van der Waals surface area contributed by atoms with Gasteiger partial charge in [-0.3, -0.25) is 0 Å². The van der Waals surface area contributed by atoms with Crippen molar-refractivity contribution in [3.63, 3.8) is 0 Å². The number of hydrogen-bond donors (Lipinski definition) is 2. The summed E-state index contributed by atoms with van der Waals surface area (Å²) >= 11 is 0. The van der Waals surface area contributed by atoms with E-state index >= 15 is 0 Å². The Morgan fingerprint density at radius 3 is 2.50 bits per heavy atom. The van der Waals surface area contributed by atoms with Gasteiger partial charge in [0.25, 0.3) is 0 Å². The molecule has 0 radical (unpaired) electrons. The topological polar surface area (TPSA) is 75.6 Å². The highest BCUT2D eigenvalue weighted by atomic mass is 32.2. The lowest BCUT2D eigenvalue weighted by atomic mass is 9.93. The van der Waals surface area contributed by atoms with Crippen LogP contribution in [0.5, 0.6) is 0 Å². The zero-order valence-corrected chi connectivity index (χ0v) is 14.9. The minimum atomic E-state index is -3.79. The molecular weight excluding hydrogens is 333 g/mol. The highest BCUT2D eigenvalue weighted by Gasteiger charge is 2.41. The number of halogens is 1. The molecule has 1 fully saturated rings. The summed E-state index contributed by atoms with van der Waals surface area (Å²) in [6.45, 7) is 3.31. The number of ether oxygens (including phenoxy) is 1. The van der Waals surface area contributed by atoms with Gasteiger partial charge in [-0.25, -0.2) is 17.5 Å². The molecule has 1 aliphatic rings. The van der Waals surface area contributed by atoms with E-state index in [4.69, 9.17) is 9.84 Å². The Hall–Kier alpha value is -1.02. The smallest absolute Gasteiger partial charge is 0.241 e. The Morgan fingerprint density at radius 2 is 1.96 bits per heavy atom. The average Bonchev–Trinajstić information content (AvgIpc) is 3.31. The fourth-order valence-electron chi connectivity index (χ4n) is 2.63. The molecule has 1 aliphatic carbocycles. The first-order chi connectivity index (χ1) is 11.3. The summed E-state index contributed by atoms with van der Waals surface area (Å²) in [5.74, 6) is 0.426. The highest BCUT2D eigenvalue weighted by molar-refractivity contribution is 7.89. The van der Waals surface area contributed by atoms with E-state index in [9.17, 15) is 12.8 Å². The third kappa shape index (κ3) is 5.24. The van der Waals surface area contributed by atoms with Crippen molar-refractivity contribution in [1.82, 2.24) is 4.72 Å². The lowest BCUT2D eigenvalue weighted by molar-refractivity contribution is -0.0542. The third-order valence-electron chi connectivity index (χ3n) is 4.10. The van der Waals surface area contributed by atoms with Crippen molar-refractivity contribution < 1.29 is 22.7 Å². The molecule has 7 heteroatoms. The van der Waals surface area contributed by atoms with Crippen LogP contribution in [-0.2, 0) is 14.8 Å². The molecule has 0 aliphatic heterocycles. The minimum Gasteiger partial charge on any atom is -0.396 e. The van der Waals surface area contributed by atoms with E-state index in [1.807, 2.05) is 0 Å². The van der Waals surface area contributed by atoms with Crippen LogP contribution in [0.3, 0.4) is 0 Å². The fraction of sp³-hybridized carbons (Fsp3) is 0.647. The van der Waals surface area contributed by atoms with Crippen LogP contribution in [0.1, 0.15) is 33.1 Å². The molecule has 1 saturated carbocycles. The van der Waals surface area contributed by atoms with Crippen molar-refractivity contribution in [3.8, 4) is 0 Å². The molecule has 1 aromatic carbocycles. The van der Waals surface area contributed by atoms with Gasteiger partial charge in [-0.05, 0) is 44.7 Å². The van der Waals surface area contributed by atoms with Crippen molar-refractivity contribution in [2.45, 2.75) is 55.8 Å². The largest absolute Gasteiger partial charge is 0.396 e. The fourth-order valence-corrected chi connectivity index (χ4v) is 4.07. The van der Waals surface area contributed by atoms with Gasteiger partial charge in [-0.1, -0.05) is 18.2 Å². The Bertz CT molecular complexity index is 617. The molecule has 136 valence electrons. The first kappa shape index (κ1) is 19.3. The Kier molecular flexibility index (Phi) is 6.36. The van der Waals surface area contributed by atoms with Crippen LogP contribution < -0.4 is 4.72 Å². The number of hydrogen-bond acceptors (Lipinski definition) is 4. The van der Waals surface area contributed by atoms with Crippen molar-refractivity contribution in [2.75, 3.05) is 13.2 Å². The molecule has 2 rings (SSSR count). The van der Waals surface area contributed by atoms with Gasteiger partial charge >= 0.3 is 0 Å². The number of alkyl halides is 1. The number of nitrogens with one attached hydrogen (secondary N) is 1. The van der Waals surface area contributed by atoms with Crippen LogP contribution in [0.4, 0.5) is 4.39 Å². The summed E-state index contributed by atoms with van der Waals surface area (Å²) in [6, 6.07) is 7.96. The summed E-state index contributed by atoms with van der Waals surface area (Å²) < 4.78 is 47.9. The number of aliphatic hydroxyl groups is 1. The van der Waals surface area contributed by atoms with E-state index in [0.29, 0.717) is 12.5 Å². The maximum absolute atomic E-state index is 14.5. The molecule has 5 nitrogen and oxygen atoms in total. The van der Waals surface area contributed by atoms with Gasteiger partial charge in [0.05, 0.1) is 10.4 Å². The minimum absolute atomic E-state index is 0.0914. The number of aliphatic hydroxyl groups excluding tert-OH is 1. The molecule has 0 aromatic heterocycles. The SMILES string of the molecule is CC(C)(NS(=O)(=O)c1ccccc1)C(OCC1CC1)C(F)CCO. The molecule has 0 heterocycles. The van der Waals surface area contributed by atoms with Crippen LogP contribution in [0.15, 0.2) is 35.2 Å². The van der Waals surface area contributed by atoms with Gasteiger partial charge in [0.1, 0.15) is 12.3 Å². The molecule has 2 N–H and O–H groups in total. The summed E-state index contributed by atoms with van der Waals surface area (Å²) in [5, 5.41) is 9.02. The van der Waals surface area contributed by atoms with Gasteiger partial charge < -0.3 is 9.84 Å². The molecule has 24 heavy (non-hydrogen) atoms. The first-order valence-corrected chi connectivity index (χ1v) is 9.70. The lowest BCUT2D eigenvalue weighted by Gasteiger charge is -2.36. The average molecular weight is 359 g/mol. The van der Waals surface area contributed by atoms with Crippen LogP contribution in [0.25, 0.3) is 0 Å². The predicted molar refractivity (Wildman–Crippen MR) is 89.9 cm³/mol. The summed E-state index contributed by atoms with van der Waals surface area (Å²) in [6.07, 6.45) is -0.406. The van der Waals surface area contributed by atoms with Crippen molar-refractivity contribution in [3.05, 3.63) is 30.3 Å². The quantitative estimate of drug-likeness (QED) is 0.672. The number of benzene rings is 1. The molecule has 0 spiro atoms. The molecule has 0 amide bonds. The normalized spacial score (nSPS) is 18.3. The Labute approximate surface area is 143 Å². The number of rotatable bonds is 10. The molecule has 2 unspecified atom stereocenters. The molecule has 0 saturated heterocycles. The van der Waals surface area contributed by atoms with Crippen molar-refractivity contribution >= 4 is 10.0 Å². The maximum atomic E-state index is 14.5. The van der Waals surface area contributed by atoms with E-state index in [1.165, 1.54) is 12.1 Å². The second kappa shape index (κ2) is 7.91. The van der Waals surface area contributed by atoms with E-state index in [1.54, 1.807) is 32.0 Å². The van der Waals surface area contributed by atoms with E-state index in [-0.39, 0.29) is 17.9 Å². The molecule has 1 aromatic rings. The molecule has 0 bridgehead atoms. The van der Waals surface area contributed by atoms with Gasteiger partial charge in [-0.2, -0.15) is 0 Å². The van der Waals surface area contributed by atoms with Crippen LogP contribution in [-0.4, -0.2) is 44.6 Å². The third-order valence-corrected chi connectivity index (χ3v) is 5.79. The van der Waals surface area contributed by atoms with Gasteiger partial charge in [0, 0.05) is 19.6 Å². The second-order valence-corrected chi connectivity index (χ2v) is 8.55. The van der Waals surface area contributed by atoms with Crippen molar-refractivity contribution in [1.29, 1.82) is 0 Å². The van der Waals surface area contributed by atoms with Crippen LogP contribution >= 0.6 is 0 Å². The van der Waals surface area contributed by atoms with Gasteiger partial charge in [-0.15, -0.1) is 0 Å². The zero-order chi connectivity index (χ0) is 17.8. The van der Waals surface area contributed by atoms with E-state index in [0.717, 1.165) is 12.8 Å². The van der Waals surface area contributed by atoms with Crippen LogP contribution in [0, 0.1) is 5.92 Å². The molecular formula is C17H26FNO4S. The van der Waals surface area contributed by atoms with Crippen LogP contribution in [0.2, 0.25) is 0 Å². The predicted octanol–water partition coefficient (Wildman–Crippen LogP) is 2.26. The summed E-state index contributed by atoms with van der Waals surface area (Å²) in [7, 11) is -3.79. The monoisotopic (exact) mass is 359 g/mol. The standard InChI is InChI=1S/C17H26FNO4S/c1-17(2,19-24(21,22)14-6-4-3-5-7-14)16(15(18)10-11-20)23-12-13-8-9-13/h3-7,13,15-16,19-20H,8-12H2,1-2H3. The zero-order valence-electron chi connectivity index (χ0n) is 14.1. The van der Waals surface area contributed by atoms with Gasteiger partial charge in [0.15, 0.2) is 0 Å². The Balaban J connectivity index is 2.15. The lowest BCUT2D eigenvalue weighted by Crippen LogP contribution is -2.56. The first-order valence-electron chi connectivity index (χ1n) is 8.22. The van der Waals surface area contributed by atoms with Crippen molar-refractivity contribution in [2.24, 2.45) is 5.92 Å². The summed E-state index contributed by atoms with van der Waals surface area (Å²) in [4.78, 5) is 0.122. The Morgan fingerprint density at radius 1 is 1.33 bits per heavy atom. The molecule has 2 atom stereocenters. The maximum Gasteiger partial charge on any atom is 0.241 e.